The third-order valence-corrected chi connectivity index (χ3v) is 4.57. The molecule has 8 heteroatoms. The Labute approximate surface area is 166 Å². The smallest absolute Gasteiger partial charge is 0.338 e. The molecule has 1 saturated heterocycles. The van der Waals surface area contributed by atoms with Crippen molar-refractivity contribution in [1.82, 2.24) is 0 Å². The maximum atomic E-state index is 13.8. The molecule has 146 valence electrons. The van der Waals surface area contributed by atoms with Gasteiger partial charge in [-0.1, -0.05) is 11.6 Å². The number of nitrogens with one attached hydrogen (secondary N) is 1. The summed E-state index contributed by atoms with van der Waals surface area (Å²) in [7, 11) is 0. The van der Waals surface area contributed by atoms with Gasteiger partial charge in [0.1, 0.15) is 5.82 Å². The lowest BCUT2D eigenvalue weighted by atomic mass is 10.2. The van der Waals surface area contributed by atoms with Crippen molar-refractivity contribution in [3.05, 3.63) is 58.9 Å². The van der Waals surface area contributed by atoms with E-state index in [9.17, 15) is 18.8 Å². The van der Waals surface area contributed by atoms with Crippen LogP contribution in [0.2, 0.25) is 5.02 Å². The quantitative estimate of drug-likeness (QED) is 0.769. The molecular formula is C20H18ClFN2O4. The molecule has 1 fully saturated rings. The Morgan fingerprint density at radius 3 is 2.54 bits per heavy atom. The van der Waals surface area contributed by atoms with Crippen molar-refractivity contribution in [3.63, 3.8) is 0 Å². The summed E-state index contributed by atoms with van der Waals surface area (Å²) in [6, 6.07) is 10.2. The summed E-state index contributed by atoms with van der Waals surface area (Å²) in [6.45, 7) is 2.04. The Hall–Kier alpha value is -2.93. The van der Waals surface area contributed by atoms with Crippen molar-refractivity contribution in [2.45, 2.75) is 25.9 Å². The Morgan fingerprint density at radius 1 is 1.21 bits per heavy atom. The van der Waals surface area contributed by atoms with E-state index in [1.54, 1.807) is 17.0 Å². The van der Waals surface area contributed by atoms with Crippen LogP contribution in [-0.2, 0) is 14.3 Å². The summed E-state index contributed by atoms with van der Waals surface area (Å²) in [5.74, 6) is -2.01. The normalized spacial score (nSPS) is 14.7. The molecule has 28 heavy (non-hydrogen) atoms. The lowest BCUT2D eigenvalue weighted by Gasteiger charge is -2.16. The number of halogens is 2. The summed E-state index contributed by atoms with van der Waals surface area (Å²) < 4.78 is 18.9. The second-order valence-electron chi connectivity index (χ2n) is 6.36. The molecule has 1 heterocycles. The summed E-state index contributed by atoms with van der Waals surface area (Å²) in [5, 5.41) is 2.55. The van der Waals surface area contributed by atoms with Gasteiger partial charge in [0.05, 0.1) is 11.3 Å². The predicted octanol–water partition coefficient (Wildman–Crippen LogP) is 3.79. The number of rotatable bonds is 5. The predicted molar refractivity (Wildman–Crippen MR) is 103 cm³/mol. The highest BCUT2D eigenvalue weighted by Gasteiger charge is 2.23. The molecule has 2 aromatic carbocycles. The van der Waals surface area contributed by atoms with Crippen LogP contribution in [0, 0.1) is 5.82 Å². The van der Waals surface area contributed by atoms with Crippen LogP contribution in [0.1, 0.15) is 30.1 Å². The van der Waals surface area contributed by atoms with Crippen molar-refractivity contribution >= 4 is 40.8 Å². The van der Waals surface area contributed by atoms with Crippen molar-refractivity contribution in [3.8, 4) is 0 Å². The van der Waals surface area contributed by atoms with Gasteiger partial charge in [0.25, 0.3) is 5.91 Å². The van der Waals surface area contributed by atoms with Gasteiger partial charge in [-0.25, -0.2) is 9.18 Å². The Kier molecular flexibility index (Phi) is 5.94. The molecule has 0 aliphatic carbocycles. The van der Waals surface area contributed by atoms with E-state index in [1.807, 2.05) is 0 Å². The minimum absolute atomic E-state index is 0.0510. The number of nitrogens with zero attached hydrogens (tertiary/aromatic N) is 1. The fraction of sp³-hybridized carbons (Fsp3) is 0.250. The molecule has 1 N–H and O–H groups in total. The maximum absolute atomic E-state index is 13.8. The van der Waals surface area contributed by atoms with Gasteiger partial charge in [-0.3, -0.25) is 9.59 Å². The first-order valence-electron chi connectivity index (χ1n) is 8.72. The van der Waals surface area contributed by atoms with Gasteiger partial charge in [-0.2, -0.15) is 0 Å². The molecule has 3 rings (SSSR count). The van der Waals surface area contributed by atoms with Gasteiger partial charge >= 0.3 is 5.97 Å². The number of hydrogen-bond donors (Lipinski definition) is 1. The van der Waals surface area contributed by atoms with Crippen LogP contribution in [0.25, 0.3) is 0 Å². The summed E-state index contributed by atoms with van der Waals surface area (Å²) in [6.07, 6.45) is 0.191. The lowest BCUT2D eigenvalue weighted by Crippen LogP contribution is -2.30. The Balaban J connectivity index is 1.60. The number of anilines is 2. The molecule has 0 radical (unpaired) electrons. The summed E-state index contributed by atoms with van der Waals surface area (Å²) in [5.41, 5.74) is 0.896. The number of amides is 2. The van der Waals surface area contributed by atoms with Crippen LogP contribution in [0.3, 0.4) is 0 Å². The number of ether oxygens (including phenoxy) is 1. The topological polar surface area (TPSA) is 75.7 Å². The lowest BCUT2D eigenvalue weighted by molar-refractivity contribution is -0.123. The van der Waals surface area contributed by atoms with Crippen LogP contribution in [0.5, 0.6) is 0 Å². The van der Waals surface area contributed by atoms with Crippen molar-refractivity contribution in [1.29, 1.82) is 0 Å². The highest BCUT2D eigenvalue weighted by molar-refractivity contribution is 6.30. The number of hydrogen-bond acceptors (Lipinski definition) is 4. The molecule has 0 unspecified atom stereocenters. The molecule has 1 aliphatic heterocycles. The first-order chi connectivity index (χ1) is 13.3. The van der Waals surface area contributed by atoms with Crippen LogP contribution in [0.4, 0.5) is 15.8 Å². The van der Waals surface area contributed by atoms with E-state index in [4.69, 9.17) is 16.3 Å². The molecule has 0 aromatic heterocycles. The number of carbonyl (C=O) groups excluding carboxylic acids is 3. The fourth-order valence-corrected chi connectivity index (χ4v) is 2.96. The summed E-state index contributed by atoms with van der Waals surface area (Å²) in [4.78, 5) is 37.8. The molecule has 2 aromatic rings. The van der Waals surface area contributed by atoms with Gasteiger partial charge in [-0.15, -0.1) is 0 Å². The minimum Gasteiger partial charge on any atom is -0.449 e. The number of esters is 1. The third kappa shape index (κ3) is 4.48. The van der Waals surface area contributed by atoms with E-state index in [0.717, 1.165) is 12.5 Å². The maximum Gasteiger partial charge on any atom is 0.338 e. The average Bonchev–Trinajstić information content (AvgIpc) is 3.10. The van der Waals surface area contributed by atoms with Crippen LogP contribution < -0.4 is 10.2 Å². The average molecular weight is 405 g/mol. The van der Waals surface area contributed by atoms with E-state index >= 15 is 0 Å². The first-order valence-corrected chi connectivity index (χ1v) is 9.10. The van der Waals surface area contributed by atoms with Crippen molar-refractivity contribution in [2.75, 3.05) is 16.8 Å². The summed E-state index contributed by atoms with van der Waals surface area (Å²) >= 11 is 5.67. The van der Waals surface area contributed by atoms with Crippen LogP contribution >= 0.6 is 11.6 Å². The van der Waals surface area contributed by atoms with Gasteiger partial charge in [0, 0.05) is 23.7 Å². The van der Waals surface area contributed by atoms with E-state index < -0.39 is 23.8 Å². The molecule has 0 saturated carbocycles. The molecular weight excluding hydrogens is 387 g/mol. The highest BCUT2D eigenvalue weighted by atomic mass is 35.5. The zero-order chi connectivity index (χ0) is 20.3. The zero-order valence-electron chi connectivity index (χ0n) is 15.1. The van der Waals surface area contributed by atoms with Gasteiger partial charge in [0.2, 0.25) is 5.91 Å². The second kappa shape index (κ2) is 8.39. The fourth-order valence-electron chi connectivity index (χ4n) is 2.81. The van der Waals surface area contributed by atoms with Crippen LogP contribution in [0.15, 0.2) is 42.5 Å². The minimum atomic E-state index is -1.14. The highest BCUT2D eigenvalue weighted by Crippen LogP contribution is 2.22. The molecule has 0 spiro atoms. The van der Waals surface area contributed by atoms with Crippen LogP contribution in [-0.4, -0.2) is 30.4 Å². The zero-order valence-corrected chi connectivity index (χ0v) is 15.8. The molecule has 2 amide bonds. The Morgan fingerprint density at radius 2 is 1.93 bits per heavy atom. The standard InChI is InChI=1S/C20H18ClFN2O4/c1-12(19(26)23-17-9-6-14(21)11-16(17)22)28-20(27)13-4-7-15(8-5-13)24-10-2-3-18(24)25/h4-9,11-12H,2-3,10H2,1H3,(H,23,26)/t12-/m1/s1. The molecule has 1 atom stereocenters. The first kappa shape index (κ1) is 19.8. The third-order valence-electron chi connectivity index (χ3n) is 4.33. The van der Waals surface area contributed by atoms with Gasteiger partial charge < -0.3 is 15.0 Å². The van der Waals surface area contributed by atoms with Crippen molar-refractivity contribution in [2.24, 2.45) is 0 Å². The number of carbonyl (C=O) groups is 3. The van der Waals surface area contributed by atoms with E-state index in [1.165, 1.54) is 31.2 Å². The van der Waals surface area contributed by atoms with E-state index in [-0.39, 0.29) is 22.2 Å². The van der Waals surface area contributed by atoms with Crippen molar-refractivity contribution < 1.29 is 23.5 Å². The SMILES string of the molecule is C[C@@H](OC(=O)c1ccc(N2CCCC2=O)cc1)C(=O)Nc1ccc(Cl)cc1F. The second-order valence-corrected chi connectivity index (χ2v) is 6.79. The Bertz CT molecular complexity index is 917. The van der Waals surface area contributed by atoms with E-state index in [0.29, 0.717) is 18.7 Å². The van der Waals surface area contributed by atoms with E-state index in [2.05, 4.69) is 5.32 Å². The molecule has 0 bridgehead atoms. The largest absolute Gasteiger partial charge is 0.449 e. The monoisotopic (exact) mass is 404 g/mol. The molecule has 1 aliphatic rings. The van der Waals surface area contributed by atoms with Gasteiger partial charge in [-0.05, 0) is 55.8 Å². The number of benzene rings is 2. The molecule has 6 nitrogen and oxygen atoms in total. The van der Waals surface area contributed by atoms with Gasteiger partial charge in [0.15, 0.2) is 6.10 Å².